The van der Waals surface area contributed by atoms with Crippen LogP contribution in [0.1, 0.15) is 20.8 Å². The third-order valence-corrected chi connectivity index (χ3v) is 1.57. The van der Waals surface area contributed by atoms with Gasteiger partial charge in [0.25, 0.3) is 0 Å². The SMILES string of the molecule is CC(N)=N/C(N=CN)=C(/C)C(C)(N)O. The van der Waals surface area contributed by atoms with Crippen molar-refractivity contribution in [2.45, 2.75) is 26.5 Å². The Hall–Kier alpha value is -1.40. The van der Waals surface area contributed by atoms with Gasteiger partial charge in [0.2, 0.25) is 0 Å². The molecule has 0 saturated carbocycles. The second-order valence-corrected chi connectivity index (χ2v) is 3.13. The summed E-state index contributed by atoms with van der Waals surface area (Å²) in [5.74, 6) is 0.536. The van der Waals surface area contributed by atoms with Crippen molar-refractivity contribution in [3.8, 4) is 0 Å². The average molecular weight is 199 g/mol. The van der Waals surface area contributed by atoms with Crippen molar-refractivity contribution in [1.82, 2.24) is 0 Å². The highest BCUT2D eigenvalue weighted by molar-refractivity contribution is 5.78. The van der Waals surface area contributed by atoms with E-state index >= 15 is 0 Å². The second kappa shape index (κ2) is 4.73. The minimum atomic E-state index is -1.49. The molecule has 0 heterocycles. The van der Waals surface area contributed by atoms with Crippen molar-refractivity contribution < 1.29 is 5.11 Å². The third kappa shape index (κ3) is 4.01. The molecular formula is C8H17N5O. The van der Waals surface area contributed by atoms with Crippen molar-refractivity contribution in [3.63, 3.8) is 0 Å². The number of hydrogen-bond acceptors (Lipinski definition) is 4. The van der Waals surface area contributed by atoms with E-state index in [1.807, 2.05) is 0 Å². The molecule has 0 aliphatic heterocycles. The maximum Gasteiger partial charge on any atom is 0.158 e. The fourth-order valence-corrected chi connectivity index (χ4v) is 0.674. The summed E-state index contributed by atoms with van der Waals surface area (Å²) < 4.78 is 0. The van der Waals surface area contributed by atoms with Crippen LogP contribution in [0.4, 0.5) is 0 Å². The molecule has 0 aromatic heterocycles. The van der Waals surface area contributed by atoms with Crippen LogP contribution in [0.25, 0.3) is 0 Å². The number of nitrogens with zero attached hydrogens (tertiary/aromatic N) is 2. The van der Waals surface area contributed by atoms with E-state index in [9.17, 15) is 5.11 Å². The summed E-state index contributed by atoms with van der Waals surface area (Å²) in [6.45, 7) is 4.63. The van der Waals surface area contributed by atoms with E-state index in [0.717, 1.165) is 6.34 Å². The Morgan fingerprint density at radius 3 is 2.21 bits per heavy atom. The van der Waals surface area contributed by atoms with Crippen LogP contribution in [0.2, 0.25) is 0 Å². The first kappa shape index (κ1) is 12.6. The molecule has 80 valence electrons. The molecule has 6 heteroatoms. The van der Waals surface area contributed by atoms with Gasteiger partial charge in [-0.15, -0.1) is 0 Å². The van der Waals surface area contributed by atoms with Crippen LogP contribution in [0.15, 0.2) is 21.4 Å². The van der Waals surface area contributed by atoms with E-state index in [2.05, 4.69) is 9.98 Å². The molecule has 0 aliphatic rings. The van der Waals surface area contributed by atoms with Crippen molar-refractivity contribution in [1.29, 1.82) is 0 Å². The van der Waals surface area contributed by atoms with E-state index in [4.69, 9.17) is 17.2 Å². The number of nitrogens with two attached hydrogens (primary N) is 3. The monoisotopic (exact) mass is 199 g/mol. The van der Waals surface area contributed by atoms with Gasteiger partial charge in [-0.2, -0.15) is 0 Å². The van der Waals surface area contributed by atoms with E-state index in [1.165, 1.54) is 6.92 Å². The number of aliphatic imine (C=N–C) groups is 2. The summed E-state index contributed by atoms with van der Waals surface area (Å²) >= 11 is 0. The quantitative estimate of drug-likeness (QED) is 0.271. The molecule has 0 bridgehead atoms. The molecule has 6 nitrogen and oxygen atoms in total. The number of aliphatic hydroxyl groups is 1. The molecule has 7 N–H and O–H groups in total. The first-order valence-corrected chi connectivity index (χ1v) is 4.06. The van der Waals surface area contributed by atoms with E-state index in [-0.39, 0.29) is 5.82 Å². The van der Waals surface area contributed by atoms with Crippen LogP contribution in [-0.4, -0.2) is 23.0 Å². The average Bonchev–Trinajstić information content (AvgIpc) is 2.00. The van der Waals surface area contributed by atoms with Gasteiger partial charge in [-0.05, 0) is 20.8 Å². The lowest BCUT2D eigenvalue weighted by Crippen LogP contribution is -2.37. The Bertz CT molecular complexity index is 281. The zero-order chi connectivity index (χ0) is 11.4. The highest BCUT2D eigenvalue weighted by Crippen LogP contribution is 2.16. The van der Waals surface area contributed by atoms with Crippen molar-refractivity contribution in [2.75, 3.05) is 0 Å². The van der Waals surface area contributed by atoms with E-state index in [1.54, 1.807) is 13.8 Å². The van der Waals surface area contributed by atoms with Crippen molar-refractivity contribution in [3.05, 3.63) is 11.4 Å². The topological polar surface area (TPSA) is 123 Å². The fourth-order valence-electron chi connectivity index (χ4n) is 0.674. The van der Waals surface area contributed by atoms with E-state index < -0.39 is 5.72 Å². The Kier molecular flexibility index (Phi) is 4.26. The predicted molar refractivity (Wildman–Crippen MR) is 57.5 cm³/mol. The first-order valence-electron chi connectivity index (χ1n) is 4.06. The van der Waals surface area contributed by atoms with Crippen LogP contribution < -0.4 is 17.2 Å². The standard InChI is InChI=1S/C8H17N5O/c1-5(8(3,11)14)7(12-4-9)13-6(2)10/h4,14H,11H2,1-3H3,(H2,9,12)(H2,10,13)/b7-5-. The van der Waals surface area contributed by atoms with Crippen LogP contribution >= 0.6 is 0 Å². The van der Waals surface area contributed by atoms with Crippen molar-refractivity contribution in [2.24, 2.45) is 27.2 Å². The summed E-state index contributed by atoms with van der Waals surface area (Å²) in [6, 6.07) is 0. The summed E-state index contributed by atoms with van der Waals surface area (Å²) in [4.78, 5) is 7.64. The molecule has 0 rings (SSSR count). The van der Waals surface area contributed by atoms with Gasteiger partial charge in [0.05, 0.1) is 12.2 Å². The Morgan fingerprint density at radius 2 is 1.93 bits per heavy atom. The van der Waals surface area contributed by atoms with Gasteiger partial charge in [-0.25, -0.2) is 9.98 Å². The highest BCUT2D eigenvalue weighted by atomic mass is 16.3. The molecule has 0 saturated heterocycles. The van der Waals surface area contributed by atoms with Crippen molar-refractivity contribution >= 4 is 12.2 Å². The Balaban J connectivity index is 5.28. The van der Waals surface area contributed by atoms with Gasteiger partial charge in [0, 0.05) is 5.57 Å². The fraction of sp³-hybridized carbons (Fsp3) is 0.500. The zero-order valence-electron chi connectivity index (χ0n) is 8.65. The van der Waals surface area contributed by atoms with Gasteiger partial charge in [-0.1, -0.05) is 0 Å². The summed E-state index contributed by atoms with van der Waals surface area (Å²) in [7, 11) is 0. The van der Waals surface area contributed by atoms with Crippen LogP contribution in [0, 0.1) is 0 Å². The number of hydrogen-bond donors (Lipinski definition) is 4. The van der Waals surface area contributed by atoms with Gasteiger partial charge < -0.3 is 22.3 Å². The molecule has 0 spiro atoms. The molecule has 0 aromatic carbocycles. The molecular weight excluding hydrogens is 182 g/mol. The maximum atomic E-state index is 9.49. The lowest BCUT2D eigenvalue weighted by molar-refractivity contribution is 0.105. The largest absolute Gasteiger partial charge is 0.390 e. The Labute approximate surface area is 83.2 Å². The number of rotatable bonds is 3. The Morgan fingerprint density at radius 1 is 1.43 bits per heavy atom. The summed E-state index contributed by atoms with van der Waals surface area (Å²) in [5, 5.41) is 9.49. The summed E-state index contributed by atoms with van der Waals surface area (Å²) in [5.41, 5.74) is 14.9. The molecule has 0 aliphatic carbocycles. The van der Waals surface area contributed by atoms with Gasteiger partial charge in [0.1, 0.15) is 5.72 Å². The van der Waals surface area contributed by atoms with Gasteiger partial charge >= 0.3 is 0 Å². The lowest BCUT2D eigenvalue weighted by Gasteiger charge is -2.18. The molecule has 1 unspecified atom stereocenters. The van der Waals surface area contributed by atoms with Gasteiger partial charge in [0.15, 0.2) is 5.82 Å². The number of amidine groups is 1. The molecule has 0 aromatic rings. The van der Waals surface area contributed by atoms with Crippen LogP contribution in [-0.2, 0) is 0 Å². The zero-order valence-corrected chi connectivity index (χ0v) is 8.65. The molecule has 0 fully saturated rings. The smallest absolute Gasteiger partial charge is 0.158 e. The first-order chi connectivity index (χ1) is 6.29. The van der Waals surface area contributed by atoms with Gasteiger partial charge in [-0.3, -0.25) is 0 Å². The van der Waals surface area contributed by atoms with Crippen LogP contribution in [0.3, 0.4) is 0 Å². The van der Waals surface area contributed by atoms with Crippen LogP contribution in [0.5, 0.6) is 0 Å². The second-order valence-electron chi connectivity index (χ2n) is 3.13. The normalized spacial score (nSPS) is 19.4. The lowest BCUT2D eigenvalue weighted by atomic mass is 10.1. The summed E-state index contributed by atoms with van der Waals surface area (Å²) in [6.07, 6.45) is 1.07. The third-order valence-electron chi connectivity index (χ3n) is 1.57. The minimum absolute atomic E-state index is 0.222. The maximum absolute atomic E-state index is 9.49. The predicted octanol–water partition coefficient (Wildman–Crippen LogP) is -0.751. The highest BCUT2D eigenvalue weighted by Gasteiger charge is 2.19. The molecule has 0 radical (unpaired) electrons. The molecule has 14 heavy (non-hydrogen) atoms. The molecule has 0 amide bonds. The minimum Gasteiger partial charge on any atom is -0.390 e. The van der Waals surface area contributed by atoms with E-state index in [0.29, 0.717) is 11.4 Å². The molecule has 1 atom stereocenters.